The van der Waals surface area contributed by atoms with Crippen molar-refractivity contribution in [2.75, 3.05) is 5.75 Å². The van der Waals surface area contributed by atoms with Gasteiger partial charge in [-0.1, -0.05) is 41.6 Å². The fourth-order valence-corrected chi connectivity index (χ4v) is 4.33. The summed E-state index contributed by atoms with van der Waals surface area (Å²) < 4.78 is 1.53. The molecule has 4 aromatic rings. The molecule has 0 amide bonds. The number of hydrogen-bond acceptors (Lipinski definition) is 6. The summed E-state index contributed by atoms with van der Waals surface area (Å²) in [5.74, 6) is -0.781. The molecule has 0 aliphatic rings. The summed E-state index contributed by atoms with van der Waals surface area (Å²) in [5, 5.41) is 20.3. The van der Waals surface area contributed by atoms with Gasteiger partial charge in [-0.05, 0) is 49.7 Å². The molecule has 1 aromatic heterocycles. The van der Waals surface area contributed by atoms with Crippen molar-refractivity contribution in [3.05, 3.63) is 87.7 Å². The molecule has 7 heteroatoms. The average molecular weight is 433 g/mol. The van der Waals surface area contributed by atoms with Gasteiger partial charge in [-0.15, -0.1) is 0 Å². The number of thioether (sulfide) groups is 1. The zero-order valence-corrected chi connectivity index (χ0v) is 17.8. The number of ketones is 1. The summed E-state index contributed by atoms with van der Waals surface area (Å²) in [4.78, 5) is 30.7. The van der Waals surface area contributed by atoms with Gasteiger partial charge in [0.25, 0.3) is 5.56 Å². The van der Waals surface area contributed by atoms with Crippen LogP contribution in [0, 0.1) is 13.8 Å². The minimum atomic E-state index is -0.336. The van der Waals surface area contributed by atoms with Crippen LogP contribution in [0.4, 0.5) is 0 Å². The first-order chi connectivity index (χ1) is 14.8. The van der Waals surface area contributed by atoms with E-state index >= 15 is 0 Å². The van der Waals surface area contributed by atoms with Crippen molar-refractivity contribution in [3.63, 3.8) is 0 Å². The van der Waals surface area contributed by atoms with E-state index in [1.165, 1.54) is 16.7 Å². The number of aryl methyl sites for hydroxylation is 2. The molecule has 1 heterocycles. The molecular formula is C24H20N2O4S. The van der Waals surface area contributed by atoms with Crippen molar-refractivity contribution in [2.24, 2.45) is 0 Å². The highest BCUT2D eigenvalue weighted by Crippen LogP contribution is 2.27. The molecule has 0 saturated heterocycles. The van der Waals surface area contributed by atoms with Gasteiger partial charge < -0.3 is 10.2 Å². The third-order valence-electron chi connectivity index (χ3n) is 4.95. The standard InChI is InChI=1S/C24H20N2O4S/c1-14-7-10-20(15(2)11-14)26-23(30)17-5-3-4-6-19(17)25-24(26)31-13-22(29)18-9-8-16(27)12-21(18)28/h3-12,27-28H,13H2,1-2H3. The highest BCUT2D eigenvalue weighted by atomic mass is 32.2. The number of rotatable bonds is 5. The van der Waals surface area contributed by atoms with E-state index in [9.17, 15) is 19.8 Å². The molecule has 0 atom stereocenters. The third kappa shape index (κ3) is 4.04. The van der Waals surface area contributed by atoms with Crippen molar-refractivity contribution in [1.29, 1.82) is 0 Å². The van der Waals surface area contributed by atoms with Gasteiger partial charge in [-0.25, -0.2) is 4.98 Å². The second kappa shape index (κ2) is 8.28. The van der Waals surface area contributed by atoms with Crippen LogP contribution < -0.4 is 5.56 Å². The maximum absolute atomic E-state index is 13.4. The van der Waals surface area contributed by atoms with E-state index in [4.69, 9.17) is 0 Å². The van der Waals surface area contributed by atoms with Gasteiger partial charge in [-0.2, -0.15) is 0 Å². The fourth-order valence-electron chi connectivity index (χ4n) is 3.44. The lowest BCUT2D eigenvalue weighted by Gasteiger charge is -2.15. The number of carbonyl (C=O) groups is 1. The molecule has 0 radical (unpaired) electrons. The predicted molar refractivity (Wildman–Crippen MR) is 122 cm³/mol. The molecule has 0 unspecified atom stereocenters. The summed E-state index contributed by atoms with van der Waals surface area (Å²) in [6.07, 6.45) is 0. The van der Waals surface area contributed by atoms with Gasteiger partial charge in [0.05, 0.1) is 27.9 Å². The second-order valence-corrected chi connectivity index (χ2v) is 8.20. The topological polar surface area (TPSA) is 92.4 Å². The van der Waals surface area contributed by atoms with Crippen molar-refractivity contribution < 1.29 is 15.0 Å². The van der Waals surface area contributed by atoms with Crippen LogP contribution in [-0.2, 0) is 0 Å². The first-order valence-electron chi connectivity index (χ1n) is 9.62. The molecule has 0 aliphatic carbocycles. The summed E-state index contributed by atoms with van der Waals surface area (Å²) in [6.45, 7) is 3.91. The lowest BCUT2D eigenvalue weighted by Crippen LogP contribution is -2.23. The molecule has 0 aliphatic heterocycles. The van der Waals surface area contributed by atoms with Gasteiger partial charge in [0.1, 0.15) is 11.5 Å². The molecule has 31 heavy (non-hydrogen) atoms. The van der Waals surface area contributed by atoms with Crippen LogP contribution >= 0.6 is 11.8 Å². The van der Waals surface area contributed by atoms with Crippen molar-refractivity contribution >= 4 is 28.4 Å². The molecule has 2 N–H and O–H groups in total. The summed E-state index contributed by atoms with van der Waals surface area (Å²) >= 11 is 1.13. The Bertz CT molecular complexity index is 1380. The number of Topliss-reactive ketones (excluding diaryl/α,β-unsaturated/α-hetero) is 1. The lowest BCUT2D eigenvalue weighted by atomic mass is 10.1. The minimum Gasteiger partial charge on any atom is -0.508 e. The lowest BCUT2D eigenvalue weighted by molar-refractivity contribution is 0.102. The van der Waals surface area contributed by atoms with E-state index in [0.717, 1.165) is 29.0 Å². The zero-order chi connectivity index (χ0) is 22.1. The number of carbonyl (C=O) groups excluding carboxylic acids is 1. The molecule has 3 aromatic carbocycles. The third-order valence-corrected chi connectivity index (χ3v) is 5.89. The Hall–Kier alpha value is -3.58. The summed E-state index contributed by atoms with van der Waals surface area (Å²) in [5.41, 5.74) is 3.15. The number of fused-ring (bicyclic) bond motifs is 1. The van der Waals surface area contributed by atoms with Crippen LogP contribution in [0.3, 0.4) is 0 Å². The molecule has 4 rings (SSSR count). The molecular weight excluding hydrogens is 412 g/mol. The van der Waals surface area contributed by atoms with E-state index in [0.29, 0.717) is 21.7 Å². The molecule has 0 fully saturated rings. The van der Waals surface area contributed by atoms with Crippen LogP contribution in [0.2, 0.25) is 0 Å². The summed E-state index contributed by atoms with van der Waals surface area (Å²) in [7, 11) is 0. The Labute approximate surface area is 182 Å². The van der Waals surface area contributed by atoms with Crippen LogP contribution in [0.5, 0.6) is 11.5 Å². The highest BCUT2D eigenvalue weighted by Gasteiger charge is 2.18. The second-order valence-electron chi connectivity index (χ2n) is 7.26. The summed E-state index contributed by atoms with van der Waals surface area (Å²) in [6, 6.07) is 16.7. The molecule has 0 saturated carbocycles. The van der Waals surface area contributed by atoms with Gasteiger partial charge in [0.2, 0.25) is 0 Å². The first kappa shape index (κ1) is 20.7. The zero-order valence-electron chi connectivity index (χ0n) is 17.0. The van der Waals surface area contributed by atoms with Gasteiger partial charge in [0.15, 0.2) is 10.9 Å². The minimum absolute atomic E-state index is 0.0337. The normalized spacial score (nSPS) is 11.0. The van der Waals surface area contributed by atoms with Crippen LogP contribution in [0.1, 0.15) is 21.5 Å². The van der Waals surface area contributed by atoms with Gasteiger partial charge in [0, 0.05) is 6.07 Å². The number of phenolic OH excluding ortho intramolecular Hbond substituents is 2. The highest BCUT2D eigenvalue weighted by molar-refractivity contribution is 7.99. The molecule has 0 spiro atoms. The largest absolute Gasteiger partial charge is 0.508 e. The number of benzene rings is 3. The maximum atomic E-state index is 13.4. The van der Waals surface area contributed by atoms with E-state index in [1.807, 2.05) is 38.1 Å². The number of phenols is 2. The Balaban J connectivity index is 1.79. The van der Waals surface area contributed by atoms with Crippen molar-refractivity contribution in [2.45, 2.75) is 19.0 Å². The number of para-hydroxylation sites is 1. The van der Waals surface area contributed by atoms with E-state index < -0.39 is 0 Å². The first-order valence-corrected chi connectivity index (χ1v) is 10.6. The smallest absolute Gasteiger partial charge is 0.266 e. The monoisotopic (exact) mass is 432 g/mol. The molecule has 0 bridgehead atoms. The van der Waals surface area contributed by atoms with Gasteiger partial charge >= 0.3 is 0 Å². The van der Waals surface area contributed by atoms with Gasteiger partial charge in [-0.3, -0.25) is 14.2 Å². The Kier molecular flexibility index (Phi) is 5.52. The SMILES string of the molecule is Cc1ccc(-n2c(SCC(=O)c3ccc(O)cc3O)nc3ccccc3c2=O)c(C)c1. The maximum Gasteiger partial charge on any atom is 0.266 e. The van der Waals surface area contributed by atoms with E-state index in [2.05, 4.69) is 4.98 Å². The fraction of sp³-hybridized carbons (Fsp3) is 0.125. The van der Waals surface area contributed by atoms with E-state index in [1.54, 1.807) is 18.2 Å². The number of aromatic hydroxyl groups is 2. The Morgan fingerprint density at radius 3 is 2.55 bits per heavy atom. The van der Waals surface area contributed by atoms with Crippen LogP contribution in [0.25, 0.3) is 16.6 Å². The molecule has 6 nitrogen and oxygen atoms in total. The Morgan fingerprint density at radius 2 is 1.81 bits per heavy atom. The molecule has 156 valence electrons. The number of aromatic nitrogens is 2. The van der Waals surface area contributed by atoms with Crippen molar-refractivity contribution in [1.82, 2.24) is 9.55 Å². The quantitative estimate of drug-likeness (QED) is 0.276. The number of nitrogens with zero attached hydrogens (tertiary/aromatic N) is 2. The van der Waals surface area contributed by atoms with E-state index in [-0.39, 0.29) is 34.2 Å². The Morgan fingerprint density at radius 1 is 1.03 bits per heavy atom. The predicted octanol–water partition coefficient (Wildman–Crippen LogP) is 4.39. The van der Waals surface area contributed by atoms with Crippen LogP contribution in [0.15, 0.2) is 70.6 Å². The average Bonchev–Trinajstić information content (AvgIpc) is 2.73. The number of hydrogen-bond donors (Lipinski definition) is 2. The van der Waals surface area contributed by atoms with Crippen molar-refractivity contribution in [3.8, 4) is 17.2 Å². The van der Waals surface area contributed by atoms with Crippen LogP contribution in [-0.4, -0.2) is 31.3 Å².